The summed E-state index contributed by atoms with van der Waals surface area (Å²) < 4.78 is 17.0. The lowest BCUT2D eigenvalue weighted by Gasteiger charge is -2.18. The number of carbonyl (C=O) groups excluding carboxylic acids is 3. The molecule has 0 heterocycles. The molecule has 0 bridgehead atoms. The monoisotopic (exact) mass is 1010 g/mol. The van der Waals surface area contributed by atoms with E-state index in [1.165, 1.54) is 263 Å². The molecule has 0 aromatic heterocycles. The van der Waals surface area contributed by atoms with Crippen molar-refractivity contribution in [3.8, 4) is 0 Å². The molecule has 0 rings (SSSR count). The molecule has 0 amide bonds. The summed E-state index contributed by atoms with van der Waals surface area (Å²) in [5, 5.41) is 0. The smallest absolute Gasteiger partial charge is 0.306 e. The van der Waals surface area contributed by atoms with Crippen LogP contribution in [0.5, 0.6) is 0 Å². The SMILES string of the molecule is CCCCCCCC/C=C\CCCCCCCCCC(=O)OCC(COC(=O)CCCCCCCCCCCCCCCCCCCCCC)OC(=O)CCCCCCCCC/C=C\CCCCCCCC. The summed E-state index contributed by atoms with van der Waals surface area (Å²) in [5.41, 5.74) is 0. The summed E-state index contributed by atoms with van der Waals surface area (Å²) >= 11 is 0. The van der Waals surface area contributed by atoms with E-state index in [9.17, 15) is 14.4 Å². The van der Waals surface area contributed by atoms with Crippen molar-refractivity contribution in [1.29, 1.82) is 0 Å². The molecule has 1 unspecified atom stereocenters. The van der Waals surface area contributed by atoms with Crippen LogP contribution in [0.4, 0.5) is 0 Å². The lowest BCUT2D eigenvalue weighted by Crippen LogP contribution is -2.30. The van der Waals surface area contributed by atoms with E-state index in [1.54, 1.807) is 0 Å². The van der Waals surface area contributed by atoms with Gasteiger partial charge in [-0.1, -0.05) is 295 Å². The standard InChI is InChI=1S/C66H124O6/c1-4-7-10-13-16-19-22-25-28-31-32-33-36-38-41-44-47-50-53-56-59-65(68)71-62-63(72-66(69)60-57-54-51-48-45-42-39-35-30-27-24-21-18-15-12-9-6-3)61-70-64(67)58-55-52-49-46-43-40-37-34-29-26-23-20-17-14-11-8-5-2/h26-27,29-30,63H,4-25,28,31-62H2,1-3H3/b29-26-,30-27-. The molecule has 0 aliphatic heterocycles. The maximum absolute atomic E-state index is 12.9. The van der Waals surface area contributed by atoms with E-state index in [1.807, 2.05) is 0 Å². The van der Waals surface area contributed by atoms with E-state index in [2.05, 4.69) is 45.1 Å². The Bertz CT molecular complexity index is 1160. The van der Waals surface area contributed by atoms with Gasteiger partial charge < -0.3 is 14.2 Å². The van der Waals surface area contributed by atoms with Crippen molar-refractivity contribution in [2.45, 2.75) is 367 Å². The lowest BCUT2D eigenvalue weighted by molar-refractivity contribution is -0.167. The van der Waals surface area contributed by atoms with Gasteiger partial charge >= 0.3 is 17.9 Å². The maximum atomic E-state index is 12.9. The minimum atomic E-state index is -0.773. The number of allylic oxidation sites excluding steroid dienone is 4. The first-order valence-electron chi connectivity index (χ1n) is 32.3. The van der Waals surface area contributed by atoms with Crippen LogP contribution in [0.25, 0.3) is 0 Å². The van der Waals surface area contributed by atoms with Crippen LogP contribution in [0.15, 0.2) is 24.3 Å². The Morgan fingerprint density at radius 1 is 0.264 bits per heavy atom. The molecule has 0 fully saturated rings. The molecule has 0 spiro atoms. The fraction of sp³-hybridized carbons (Fsp3) is 0.894. The van der Waals surface area contributed by atoms with Gasteiger partial charge in [-0.3, -0.25) is 14.4 Å². The van der Waals surface area contributed by atoms with Crippen LogP contribution in [-0.4, -0.2) is 37.2 Å². The fourth-order valence-corrected chi connectivity index (χ4v) is 9.79. The fourth-order valence-electron chi connectivity index (χ4n) is 9.79. The molecule has 0 aromatic rings. The summed E-state index contributed by atoms with van der Waals surface area (Å²) in [5.74, 6) is -0.851. The van der Waals surface area contributed by atoms with Crippen LogP contribution in [0, 0.1) is 0 Å². The first-order chi connectivity index (χ1) is 35.5. The third-order valence-electron chi connectivity index (χ3n) is 14.7. The van der Waals surface area contributed by atoms with Gasteiger partial charge in [0, 0.05) is 19.3 Å². The van der Waals surface area contributed by atoms with Gasteiger partial charge in [-0.2, -0.15) is 0 Å². The molecule has 0 aromatic carbocycles. The average Bonchev–Trinajstić information content (AvgIpc) is 3.38. The number of rotatable bonds is 60. The Balaban J connectivity index is 4.32. The highest BCUT2D eigenvalue weighted by molar-refractivity contribution is 5.71. The third-order valence-corrected chi connectivity index (χ3v) is 14.7. The first-order valence-corrected chi connectivity index (χ1v) is 32.3. The van der Waals surface area contributed by atoms with Gasteiger partial charge in [-0.25, -0.2) is 0 Å². The summed E-state index contributed by atoms with van der Waals surface area (Å²) in [6.07, 6.45) is 73.2. The molecule has 6 nitrogen and oxygen atoms in total. The molecular formula is C66H124O6. The van der Waals surface area contributed by atoms with Crippen molar-refractivity contribution in [3.63, 3.8) is 0 Å². The predicted molar refractivity (Wildman–Crippen MR) is 312 cm³/mol. The molecule has 424 valence electrons. The quantitative estimate of drug-likeness (QED) is 0.0261. The van der Waals surface area contributed by atoms with Crippen LogP contribution in [-0.2, 0) is 28.6 Å². The molecular weight excluding hydrogens is 889 g/mol. The van der Waals surface area contributed by atoms with Gasteiger partial charge in [0.15, 0.2) is 6.10 Å². The number of ether oxygens (including phenoxy) is 3. The Labute approximate surface area is 449 Å². The zero-order valence-electron chi connectivity index (χ0n) is 48.7. The van der Waals surface area contributed by atoms with Crippen molar-refractivity contribution in [2.24, 2.45) is 0 Å². The molecule has 0 saturated heterocycles. The minimum absolute atomic E-state index is 0.0692. The molecule has 6 heteroatoms. The van der Waals surface area contributed by atoms with Crippen LogP contribution in [0.2, 0.25) is 0 Å². The molecule has 1 atom stereocenters. The molecule has 0 aliphatic carbocycles. The van der Waals surface area contributed by atoms with Crippen LogP contribution in [0.3, 0.4) is 0 Å². The third kappa shape index (κ3) is 58.8. The van der Waals surface area contributed by atoms with Crippen molar-refractivity contribution >= 4 is 17.9 Å². The van der Waals surface area contributed by atoms with Gasteiger partial charge in [0.1, 0.15) is 13.2 Å². The number of carbonyl (C=O) groups is 3. The number of esters is 3. The summed E-state index contributed by atoms with van der Waals surface area (Å²) in [6.45, 7) is 6.69. The van der Waals surface area contributed by atoms with Crippen LogP contribution < -0.4 is 0 Å². The lowest BCUT2D eigenvalue weighted by atomic mass is 10.0. The van der Waals surface area contributed by atoms with Crippen molar-refractivity contribution in [2.75, 3.05) is 13.2 Å². The topological polar surface area (TPSA) is 78.9 Å². The predicted octanol–water partition coefficient (Wildman–Crippen LogP) is 21.8. The zero-order chi connectivity index (χ0) is 52.2. The number of hydrogen-bond acceptors (Lipinski definition) is 6. The maximum Gasteiger partial charge on any atom is 0.306 e. The molecule has 0 saturated carbocycles. The second-order valence-corrected chi connectivity index (χ2v) is 22.0. The van der Waals surface area contributed by atoms with Gasteiger partial charge in [0.25, 0.3) is 0 Å². The van der Waals surface area contributed by atoms with Crippen molar-refractivity contribution in [1.82, 2.24) is 0 Å². The van der Waals surface area contributed by atoms with Crippen LogP contribution >= 0.6 is 0 Å². The normalized spacial score (nSPS) is 12.1. The highest BCUT2D eigenvalue weighted by atomic mass is 16.6. The molecule has 0 radical (unpaired) electrons. The minimum Gasteiger partial charge on any atom is -0.462 e. The van der Waals surface area contributed by atoms with E-state index in [4.69, 9.17) is 14.2 Å². The average molecular weight is 1010 g/mol. The van der Waals surface area contributed by atoms with Gasteiger partial charge in [0.2, 0.25) is 0 Å². The molecule has 72 heavy (non-hydrogen) atoms. The van der Waals surface area contributed by atoms with Gasteiger partial charge in [-0.15, -0.1) is 0 Å². The number of hydrogen-bond donors (Lipinski definition) is 0. The Hall–Kier alpha value is -2.11. The molecule has 0 N–H and O–H groups in total. The first kappa shape index (κ1) is 69.9. The van der Waals surface area contributed by atoms with E-state index in [0.29, 0.717) is 19.3 Å². The summed E-state index contributed by atoms with van der Waals surface area (Å²) in [7, 11) is 0. The van der Waals surface area contributed by atoms with Gasteiger partial charge in [0.05, 0.1) is 0 Å². The van der Waals surface area contributed by atoms with E-state index >= 15 is 0 Å². The van der Waals surface area contributed by atoms with Crippen LogP contribution in [0.1, 0.15) is 361 Å². The summed E-state index contributed by atoms with van der Waals surface area (Å²) in [6, 6.07) is 0. The Morgan fingerprint density at radius 2 is 0.458 bits per heavy atom. The van der Waals surface area contributed by atoms with E-state index < -0.39 is 6.10 Å². The summed E-state index contributed by atoms with van der Waals surface area (Å²) in [4.78, 5) is 38.3. The highest BCUT2D eigenvalue weighted by Gasteiger charge is 2.19. The largest absolute Gasteiger partial charge is 0.462 e. The van der Waals surface area contributed by atoms with Crippen molar-refractivity contribution < 1.29 is 28.6 Å². The highest BCUT2D eigenvalue weighted by Crippen LogP contribution is 2.18. The van der Waals surface area contributed by atoms with E-state index in [-0.39, 0.29) is 31.1 Å². The van der Waals surface area contributed by atoms with E-state index in [0.717, 1.165) is 57.8 Å². The van der Waals surface area contributed by atoms with Gasteiger partial charge in [-0.05, 0) is 70.6 Å². The molecule has 0 aliphatic rings. The number of unbranched alkanes of at least 4 members (excludes halogenated alkanes) is 45. The Morgan fingerprint density at radius 3 is 0.694 bits per heavy atom. The van der Waals surface area contributed by atoms with Crippen molar-refractivity contribution in [3.05, 3.63) is 24.3 Å². The zero-order valence-corrected chi connectivity index (χ0v) is 48.7. The Kier molecular flexibility index (Phi) is 59.6. The second-order valence-electron chi connectivity index (χ2n) is 22.0. The second kappa shape index (κ2) is 61.4.